The van der Waals surface area contributed by atoms with E-state index < -0.39 is 0 Å². The predicted octanol–water partition coefficient (Wildman–Crippen LogP) is 3.03. The first-order valence-corrected chi connectivity index (χ1v) is 9.05. The molecule has 1 aliphatic rings. The summed E-state index contributed by atoms with van der Waals surface area (Å²) in [5.74, 6) is 1.56. The van der Waals surface area contributed by atoms with E-state index >= 15 is 0 Å². The van der Waals surface area contributed by atoms with Gasteiger partial charge < -0.3 is 14.4 Å². The highest BCUT2D eigenvalue weighted by Crippen LogP contribution is 2.33. The lowest BCUT2D eigenvalue weighted by Crippen LogP contribution is -2.36. The van der Waals surface area contributed by atoms with Gasteiger partial charge in [-0.2, -0.15) is 5.10 Å². The van der Waals surface area contributed by atoms with Gasteiger partial charge in [-0.1, -0.05) is 6.92 Å². The highest BCUT2D eigenvalue weighted by atomic mass is 16.5. The first-order chi connectivity index (χ1) is 12.8. The Hall–Kier alpha value is -2.67. The zero-order chi connectivity index (χ0) is 17.9. The van der Waals surface area contributed by atoms with Crippen molar-refractivity contribution in [3.05, 3.63) is 30.6 Å². The smallest absolute Gasteiger partial charge is 0.225 e. The monoisotopic (exact) mass is 353 g/mol. The molecule has 7 nitrogen and oxygen atoms in total. The molecule has 3 aromatic rings. The van der Waals surface area contributed by atoms with Crippen LogP contribution in [0.15, 0.2) is 30.6 Å². The quantitative estimate of drug-likeness (QED) is 0.760. The maximum Gasteiger partial charge on any atom is 0.225 e. The maximum absolute atomic E-state index is 6.03. The molecule has 0 aromatic carbocycles. The SMILES string of the molecule is CCC(C)Oc1nccc2[nH]nc(-c3ccnc(N4CCOCC4)c3)c12. The number of rotatable bonds is 5. The Kier molecular flexibility index (Phi) is 4.71. The average Bonchev–Trinajstić information content (AvgIpc) is 3.14. The molecule has 1 N–H and O–H groups in total. The van der Waals surface area contributed by atoms with Crippen molar-refractivity contribution in [3.8, 4) is 17.1 Å². The van der Waals surface area contributed by atoms with Crippen LogP contribution in [0.1, 0.15) is 20.3 Å². The highest BCUT2D eigenvalue weighted by molar-refractivity contribution is 5.96. The number of aromatic amines is 1. The van der Waals surface area contributed by atoms with Crippen LogP contribution in [0.25, 0.3) is 22.2 Å². The largest absolute Gasteiger partial charge is 0.474 e. The summed E-state index contributed by atoms with van der Waals surface area (Å²) in [6.07, 6.45) is 4.58. The van der Waals surface area contributed by atoms with Crippen LogP contribution in [0.2, 0.25) is 0 Å². The molecule has 136 valence electrons. The number of nitrogens with one attached hydrogen (secondary N) is 1. The number of H-pyrrole nitrogens is 1. The number of fused-ring (bicyclic) bond motifs is 1. The zero-order valence-electron chi connectivity index (χ0n) is 15.1. The van der Waals surface area contributed by atoms with Crippen LogP contribution < -0.4 is 9.64 Å². The van der Waals surface area contributed by atoms with Gasteiger partial charge in [-0.05, 0) is 31.5 Å². The Bertz CT molecular complexity index is 889. The van der Waals surface area contributed by atoms with Crippen molar-refractivity contribution < 1.29 is 9.47 Å². The fourth-order valence-corrected chi connectivity index (χ4v) is 3.04. The predicted molar refractivity (Wildman–Crippen MR) is 101 cm³/mol. The summed E-state index contributed by atoms with van der Waals surface area (Å²) in [7, 11) is 0. The van der Waals surface area contributed by atoms with E-state index in [1.165, 1.54) is 0 Å². The highest BCUT2D eigenvalue weighted by Gasteiger charge is 2.18. The summed E-state index contributed by atoms with van der Waals surface area (Å²) < 4.78 is 11.5. The van der Waals surface area contributed by atoms with Crippen molar-refractivity contribution in [1.82, 2.24) is 20.2 Å². The third-order valence-electron chi connectivity index (χ3n) is 4.68. The fraction of sp³-hybridized carbons (Fsp3) is 0.421. The molecule has 0 saturated carbocycles. The van der Waals surface area contributed by atoms with Gasteiger partial charge in [0.05, 0.1) is 30.2 Å². The van der Waals surface area contributed by atoms with E-state index in [0.29, 0.717) is 5.88 Å². The van der Waals surface area contributed by atoms with E-state index in [1.807, 2.05) is 25.3 Å². The molecular weight excluding hydrogens is 330 g/mol. The second-order valence-electron chi connectivity index (χ2n) is 6.45. The van der Waals surface area contributed by atoms with Gasteiger partial charge in [-0.3, -0.25) is 5.10 Å². The van der Waals surface area contributed by atoms with E-state index in [2.05, 4.69) is 38.1 Å². The van der Waals surface area contributed by atoms with Gasteiger partial charge in [0, 0.05) is 31.0 Å². The van der Waals surface area contributed by atoms with Gasteiger partial charge >= 0.3 is 0 Å². The summed E-state index contributed by atoms with van der Waals surface area (Å²) in [6.45, 7) is 7.30. The summed E-state index contributed by atoms with van der Waals surface area (Å²) >= 11 is 0. The van der Waals surface area contributed by atoms with Crippen LogP contribution >= 0.6 is 0 Å². The molecule has 0 amide bonds. The molecule has 7 heteroatoms. The van der Waals surface area contributed by atoms with Crippen molar-refractivity contribution >= 4 is 16.7 Å². The van der Waals surface area contributed by atoms with Gasteiger partial charge in [0.1, 0.15) is 11.5 Å². The summed E-state index contributed by atoms with van der Waals surface area (Å²) in [5.41, 5.74) is 2.75. The third-order valence-corrected chi connectivity index (χ3v) is 4.68. The lowest BCUT2D eigenvalue weighted by atomic mass is 10.1. The molecule has 4 rings (SSSR count). The molecule has 1 fully saturated rings. The Labute approximate surface area is 152 Å². The number of anilines is 1. The van der Waals surface area contributed by atoms with Crippen molar-refractivity contribution in [2.24, 2.45) is 0 Å². The molecule has 3 aromatic heterocycles. The van der Waals surface area contributed by atoms with Gasteiger partial charge in [0.25, 0.3) is 0 Å². The number of hydrogen-bond donors (Lipinski definition) is 1. The molecule has 1 saturated heterocycles. The molecular formula is C19H23N5O2. The van der Waals surface area contributed by atoms with E-state index in [4.69, 9.17) is 9.47 Å². The molecule has 1 aliphatic heterocycles. The van der Waals surface area contributed by atoms with Crippen LogP contribution in [0.5, 0.6) is 5.88 Å². The number of ether oxygens (including phenoxy) is 2. The lowest BCUT2D eigenvalue weighted by Gasteiger charge is -2.27. The number of hydrogen-bond acceptors (Lipinski definition) is 6. The van der Waals surface area contributed by atoms with Crippen LogP contribution in [0, 0.1) is 0 Å². The van der Waals surface area contributed by atoms with Gasteiger partial charge in [-0.25, -0.2) is 9.97 Å². The summed E-state index contributed by atoms with van der Waals surface area (Å²) in [6, 6.07) is 5.96. The standard InChI is InChI=1S/C19H23N5O2/c1-3-13(2)26-19-17-15(5-7-21-19)22-23-18(17)14-4-6-20-16(12-14)24-8-10-25-11-9-24/h4-7,12-13H,3,8-11H2,1-2H3,(H,22,23). The summed E-state index contributed by atoms with van der Waals surface area (Å²) in [4.78, 5) is 11.2. The van der Waals surface area contributed by atoms with Crippen LogP contribution in [0.4, 0.5) is 5.82 Å². The second-order valence-corrected chi connectivity index (χ2v) is 6.45. The fourth-order valence-electron chi connectivity index (χ4n) is 3.04. The van der Waals surface area contributed by atoms with Crippen molar-refractivity contribution in [3.63, 3.8) is 0 Å². The summed E-state index contributed by atoms with van der Waals surface area (Å²) in [5, 5.41) is 8.53. The average molecular weight is 353 g/mol. The first kappa shape index (κ1) is 16.8. The molecule has 26 heavy (non-hydrogen) atoms. The Morgan fingerprint density at radius 2 is 2.04 bits per heavy atom. The normalized spacial score (nSPS) is 16.0. The molecule has 0 bridgehead atoms. The molecule has 0 spiro atoms. The van der Waals surface area contributed by atoms with Crippen molar-refractivity contribution in [1.29, 1.82) is 0 Å². The molecule has 4 heterocycles. The number of aromatic nitrogens is 4. The van der Waals surface area contributed by atoms with Crippen molar-refractivity contribution in [2.45, 2.75) is 26.4 Å². The number of nitrogens with zero attached hydrogens (tertiary/aromatic N) is 4. The van der Waals surface area contributed by atoms with Gasteiger partial charge in [0.2, 0.25) is 5.88 Å². The van der Waals surface area contributed by atoms with E-state index in [9.17, 15) is 0 Å². The molecule has 1 atom stereocenters. The second kappa shape index (κ2) is 7.29. The Morgan fingerprint density at radius 1 is 1.23 bits per heavy atom. The molecule has 0 radical (unpaired) electrons. The lowest BCUT2D eigenvalue weighted by molar-refractivity contribution is 0.122. The van der Waals surface area contributed by atoms with E-state index in [0.717, 1.165) is 60.7 Å². The van der Waals surface area contributed by atoms with Gasteiger partial charge in [-0.15, -0.1) is 0 Å². The number of morpholine rings is 1. The van der Waals surface area contributed by atoms with Crippen molar-refractivity contribution in [2.75, 3.05) is 31.2 Å². The maximum atomic E-state index is 6.03. The van der Waals surface area contributed by atoms with Crippen LogP contribution in [-0.2, 0) is 4.74 Å². The van der Waals surface area contributed by atoms with E-state index in [-0.39, 0.29) is 6.10 Å². The minimum atomic E-state index is 0.0946. The van der Waals surface area contributed by atoms with E-state index in [1.54, 1.807) is 6.20 Å². The minimum absolute atomic E-state index is 0.0946. The number of pyridine rings is 2. The Morgan fingerprint density at radius 3 is 2.85 bits per heavy atom. The topological polar surface area (TPSA) is 76.2 Å². The van der Waals surface area contributed by atoms with Crippen LogP contribution in [-0.4, -0.2) is 52.6 Å². The zero-order valence-corrected chi connectivity index (χ0v) is 15.1. The van der Waals surface area contributed by atoms with Gasteiger partial charge in [0.15, 0.2) is 0 Å². The third kappa shape index (κ3) is 3.22. The minimum Gasteiger partial charge on any atom is -0.474 e. The Balaban J connectivity index is 1.74. The first-order valence-electron chi connectivity index (χ1n) is 9.05. The van der Waals surface area contributed by atoms with Crippen LogP contribution in [0.3, 0.4) is 0 Å². The molecule has 0 aliphatic carbocycles. The molecule has 1 unspecified atom stereocenters.